The quantitative estimate of drug-likeness (QED) is 0.310. The monoisotopic (exact) mass is 540 g/mol. The van der Waals surface area contributed by atoms with Crippen LogP contribution in [0, 0.1) is 11.2 Å². The molecule has 0 unspecified atom stereocenters. The lowest BCUT2D eigenvalue weighted by Crippen LogP contribution is -2.49. The number of carbonyl (C=O) groups is 2. The fourth-order valence-corrected chi connectivity index (χ4v) is 3.70. The highest BCUT2D eigenvalue weighted by atomic mass is 35.5. The molecule has 182 valence electrons. The number of thiol groups is 1. The van der Waals surface area contributed by atoms with Gasteiger partial charge in [0.05, 0.1) is 10.6 Å². The van der Waals surface area contributed by atoms with Gasteiger partial charge >= 0.3 is 0 Å². The second kappa shape index (κ2) is 10.5. The Morgan fingerprint density at radius 1 is 1.08 bits per heavy atom. The molecule has 4 radical (unpaired) electrons. The molecule has 0 fully saturated rings. The standard InChI is InChI=1S/C25H21B2Cl2FN2O3S/c1-24(2,3)25(26,27)35-19-11-14(15-10-13(23(34)36)8-9-16(15)28)12-31-21(19)32(4)22(33)20-17(29)6-5-7-18(20)30/h5-12H,1-4H3,(H,34,36). The smallest absolute Gasteiger partial charge is 0.263 e. The zero-order chi connectivity index (χ0) is 27.0. The first kappa shape index (κ1) is 28.1. The third-order valence-electron chi connectivity index (χ3n) is 5.61. The minimum absolute atomic E-state index is 0.00476. The van der Waals surface area contributed by atoms with Gasteiger partial charge in [0.15, 0.2) is 11.6 Å². The first-order valence-electron chi connectivity index (χ1n) is 10.7. The third kappa shape index (κ3) is 5.74. The van der Waals surface area contributed by atoms with Crippen molar-refractivity contribution in [3.8, 4) is 16.9 Å². The Bertz CT molecular complexity index is 1330. The number of anilines is 1. The molecular weight excluding hydrogens is 520 g/mol. The molecule has 1 amide bonds. The van der Waals surface area contributed by atoms with Crippen LogP contribution in [0.2, 0.25) is 10.0 Å². The fraction of sp³-hybridized carbons (Fsp3) is 0.240. The summed E-state index contributed by atoms with van der Waals surface area (Å²) in [4.78, 5) is 30.4. The summed E-state index contributed by atoms with van der Waals surface area (Å²) >= 11 is 16.3. The molecule has 0 saturated heterocycles. The molecule has 0 atom stereocenters. The molecule has 0 aliphatic carbocycles. The van der Waals surface area contributed by atoms with Gasteiger partial charge < -0.3 is 4.74 Å². The second-order valence-corrected chi connectivity index (χ2v) is 10.4. The van der Waals surface area contributed by atoms with Gasteiger partial charge in [-0.25, -0.2) is 9.37 Å². The van der Waals surface area contributed by atoms with Crippen molar-refractivity contribution in [1.82, 2.24) is 4.98 Å². The molecule has 1 heterocycles. The Morgan fingerprint density at radius 3 is 2.33 bits per heavy atom. The maximum absolute atomic E-state index is 14.5. The van der Waals surface area contributed by atoms with E-state index in [0.29, 0.717) is 21.7 Å². The van der Waals surface area contributed by atoms with Crippen molar-refractivity contribution < 1.29 is 18.7 Å². The average Bonchev–Trinajstić information content (AvgIpc) is 2.77. The van der Waals surface area contributed by atoms with Crippen LogP contribution in [0.15, 0.2) is 48.7 Å². The zero-order valence-corrected chi connectivity index (χ0v) is 22.4. The molecule has 5 nitrogen and oxygen atoms in total. The van der Waals surface area contributed by atoms with E-state index in [2.05, 4.69) is 17.6 Å². The lowest BCUT2D eigenvalue weighted by Gasteiger charge is -2.41. The van der Waals surface area contributed by atoms with E-state index in [1.54, 1.807) is 32.9 Å². The van der Waals surface area contributed by atoms with Crippen LogP contribution in [0.5, 0.6) is 5.75 Å². The summed E-state index contributed by atoms with van der Waals surface area (Å²) in [6.45, 7) is 5.32. The highest BCUT2D eigenvalue weighted by Crippen LogP contribution is 2.39. The Kier molecular flexibility index (Phi) is 8.18. The minimum atomic E-state index is -1.70. The number of ether oxygens (including phenoxy) is 1. The van der Waals surface area contributed by atoms with Crippen LogP contribution in [0.3, 0.4) is 0 Å². The van der Waals surface area contributed by atoms with Gasteiger partial charge in [-0.3, -0.25) is 14.5 Å². The van der Waals surface area contributed by atoms with Crippen LogP contribution >= 0.6 is 35.8 Å². The van der Waals surface area contributed by atoms with E-state index in [4.69, 9.17) is 43.6 Å². The van der Waals surface area contributed by atoms with Crippen molar-refractivity contribution >= 4 is 68.4 Å². The Labute approximate surface area is 227 Å². The Hall–Kier alpha value is -2.48. The van der Waals surface area contributed by atoms with Crippen molar-refractivity contribution in [2.75, 3.05) is 11.9 Å². The number of carbonyl (C=O) groups excluding carboxylic acids is 2. The van der Waals surface area contributed by atoms with E-state index < -0.39 is 27.7 Å². The molecule has 0 bridgehead atoms. The maximum atomic E-state index is 14.5. The van der Waals surface area contributed by atoms with E-state index in [9.17, 15) is 14.0 Å². The highest BCUT2D eigenvalue weighted by molar-refractivity contribution is 7.97. The van der Waals surface area contributed by atoms with Gasteiger partial charge in [0, 0.05) is 40.4 Å². The summed E-state index contributed by atoms with van der Waals surface area (Å²) in [6, 6.07) is 10.1. The largest absolute Gasteiger partial charge is 0.503 e. The van der Waals surface area contributed by atoms with Gasteiger partial charge in [-0.2, -0.15) is 0 Å². The summed E-state index contributed by atoms with van der Waals surface area (Å²) in [6.07, 6.45) is 1.43. The van der Waals surface area contributed by atoms with Crippen molar-refractivity contribution in [3.05, 3.63) is 75.7 Å². The highest BCUT2D eigenvalue weighted by Gasteiger charge is 2.35. The molecule has 0 aliphatic rings. The number of aromatic nitrogens is 1. The predicted octanol–water partition coefficient (Wildman–Crippen LogP) is 5.96. The molecule has 0 spiro atoms. The summed E-state index contributed by atoms with van der Waals surface area (Å²) in [5.74, 6) is -1.53. The van der Waals surface area contributed by atoms with Crippen LogP contribution in [0.1, 0.15) is 41.5 Å². The lowest BCUT2D eigenvalue weighted by molar-refractivity contribution is 0.0981. The van der Waals surface area contributed by atoms with E-state index in [1.165, 1.54) is 37.5 Å². The van der Waals surface area contributed by atoms with E-state index >= 15 is 0 Å². The number of nitrogens with zero attached hydrogens (tertiary/aromatic N) is 2. The molecule has 36 heavy (non-hydrogen) atoms. The molecule has 0 N–H and O–H groups in total. The van der Waals surface area contributed by atoms with Crippen LogP contribution in [0.25, 0.3) is 11.1 Å². The first-order valence-corrected chi connectivity index (χ1v) is 11.9. The molecule has 1 aromatic heterocycles. The van der Waals surface area contributed by atoms with Gasteiger partial charge in [0.2, 0.25) is 5.12 Å². The summed E-state index contributed by atoms with van der Waals surface area (Å²) < 4.78 is 20.5. The second-order valence-electron chi connectivity index (χ2n) is 9.15. The van der Waals surface area contributed by atoms with Gasteiger partial charge in [0.1, 0.15) is 21.5 Å². The van der Waals surface area contributed by atoms with Gasteiger partial charge in [0.25, 0.3) is 5.91 Å². The third-order valence-corrected chi connectivity index (χ3v) is 6.51. The van der Waals surface area contributed by atoms with Crippen molar-refractivity contribution in [1.29, 1.82) is 0 Å². The number of amides is 1. The van der Waals surface area contributed by atoms with Crippen LogP contribution in [0.4, 0.5) is 10.2 Å². The summed E-state index contributed by atoms with van der Waals surface area (Å²) in [5, 5.41) is -1.88. The minimum Gasteiger partial charge on any atom is -0.503 e. The Morgan fingerprint density at radius 2 is 1.75 bits per heavy atom. The first-order chi connectivity index (χ1) is 16.6. The van der Waals surface area contributed by atoms with Gasteiger partial charge in [-0.1, -0.05) is 50.0 Å². The SMILES string of the molecule is [B]C([B])(Oc1cc(-c2cc(C(=O)S)ccc2Cl)cnc1N(C)C(=O)c1c(F)cccc1Cl)C(C)(C)C. The average molecular weight is 541 g/mol. The predicted molar refractivity (Wildman–Crippen MR) is 146 cm³/mol. The summed E-state index contributed by atoms with van der Waals surface area (Å²) in [7, 11) is 13.9. The van der Waals surface area contributed by atoms with Crippen molar-refractivity contribution in [2.45, 2.75) is 26.2 Å². The topological polar surface area (TPSA) is 59.5 Å². The van der Waals surface area contributed by atoms with E-state index in [1.807, 2.05) is 0 Å². The number of halogens is 3. The maximum Gasteiger partial charge on any atom is 0.263 e. The van der Waals surface area contributed by atoms with Gasteiger partial charge in [-0.05, 0) is 41.8 Å². The lowest BCUT2D eigenvalue weighted by atomic mass is 9.52. The number of rotatable bonds is 6. The normalized spacial score (nSPS) is 11.8. The number of benzene rings is 2. The Balaban J connectivity index is 2.18. The molecule has 11 heteroatoms. The molecule has 3 rings (SSSR count). The zero-order valence-electron chi connectivity index (χ0n) is 20.0. The molecule has 3 aromatic rings. The van der Waals surface area contributed by atoms with Crippen molar-refractivity contribution in [3.63, 3.8) is 0 Å². The fourth-order valence-electron chi connectivity index (χ4n) is 3.09. The number of hydrogen-bond acceptors (Lipinski definition) is 4. The molecular formula is C25H21B2Cl2FN2O3S. The van der Waals surface area contributed by atoms with Crippen LogP contribution in [-0.4, -0.2) is 44.1 Å². The van der Waals surface area contributed by atoms with Gasteiger partial charge in [-0.15, -0.1) is 12.6 Å². The van der Waals surface area contributed by atoms with Crippen LogP contribution < -0.4 is 9.64 Å². The number of hydrogen-bond donors (Lipinski definition) is 1. The molecule has 2 aromatic carbocycles. The van der Waals surface area contributed by atoms with E-state index in [-0.39, 0.29) is 22.2 Å². The number of pyridine rings is 1. The van der Waals surface area contributed by atoms with Crippen LogP contribution in [-0.2, 0) is 0 Å². The molecule has 0 saturated carbocycles. The van der Waals surface area contributed by atoms with Crippen molar-refractivity contribution in [2.24, 2.45) is 5.41 Å². The molecule has 0 aliphatic heterocycles. The van der Waals surface area contributed by atoms with E-state index in [0.717, 1.165) is 11.0 Å². The summed E-state index contributed by atoms with van der Waals surface area (Å²) in [5.41, 5.74) is 0.150.